The molecule has 4 atom stereocenters. The van der Waals surface area contributed by atoms with Gasteiger partial charge in [-0.3, -0.25) is 15.0 Å². The van der Waals surface area contributed by atoms with E-state index in [1.165, 1.54) is 0 Å². The van der Waals surface area contributed by atoms with Crippen molar-refractivity contribution < 1.29 is 116 Å². The molecule has 0 aromatic carbocycles. The Morgan fingerprint density at radius 3 is 1.85 bits per heavy atom. The first-order valence-corrected chi connectivity index (χ1v) is 5.75. The molecule has 0 aliphatic rings. The average molecular weight is 274 g/mol. The largest absolute Gasteiger partial charge is 1.00 e. The van der Waals surface area contributed by atoms with Crippen molar-refractivity contribution in [1.29, 1.82) is 0 Å². The second-order valence-corrected chi connectivity index (χ2v) is 5.39. The number of hydrogen-bond donors (Lipinski definition) is 0. The fourth-order valence-electron chi connectivity index (χ4n) is 0.653. The van der Waals surface area contributed by atoms with Crippen molar-refractivity contribution in [3.8, 4) is 0 Å². The van der Waals surface area contributed by atoms with E-state index in [1.807, 2.05) is 0 Å². The van der Waals surface area contributed by atoms with Crippen LogP contribution in [0.25, 0.3) is 0 Å². The Kier molecular flexibility index (Phi) is 20.2. The van der Waals surface area contributed by atoms with Gasteiger partial charge in [0.2, 0.25) is 0 Å². The van der Waals surface area contributed by atoms with Crippen LogP contribution >= 0.6 is 10.8 Å². The van der Waals surface area contributed by atoms with Crippen LogP contribution in [0.3, 0.4) is 0 Å². The molecule has 0 bridgehead atoms. The summed E-state index contributed by atoms with van der Waals surface area (Å²) in [5, 5.41) is -0.585. The van der Waals surface area contributed by atoms with Gasteiger partial charge in [-0.1, -0.05) is 30.8 Å². The van der Waals surface area contributed by atoms with Crippen molar-refractivity contribution in [1.82, 2.24) is 0 Å². The molecule has 0 amide bonds. The second kappa shape index (κ2) is 12.0. The van der Waals surface area contributed by atoms with E-state index in [9.17, 15) is 13.3 Å². The van der Waals surface area contributed by atoms with Crippen LogP contribution in [-0.2, 0) is 11.1 Å². The number of hydrogen-bond acceptors (Lipinski definition) is 3. The molecule has 0 N–H and O–H groups in total. The van der Waals surface area contributed by atoms with Crippen LogP contribution in [0.5, 0.6) is 0 Å². The summed E-state index contributed by atoms with van der Waals surface area (Å²) in [6.07, 6.45) is 0.409. The van der Waals surface area contributed by atoms with Crippen LogP contribution in [-0.4, -0.2) is 29.7 Å². The van der Waals surface area contributed by atoms with Crippen LogP contribution < -0.4 is 103 Å². The third-order valence-electron chi connectivity index (χ3n) is 1.44. The Morgan fingerprint density at radius 2 is 1.62 bits per heavy atom. The molecule has 0 aliphatic carbocycles. The molecule has 0 aromatic heterocycles. The van der Waals surface area contributed by atoms with E-state index >= 15 is 0 Å². The van der Waals surface area contributed by atoms with Gasteiger partial charge in [0.05, 0.1) is 0 Å². The van der Waals surface area contributed by atoms with Crippen molar-refractivity contribution in [2.45, 2.75) is 30.8 Å². The van der Waals surface area contributed by atoms with E-state index in [0.29, 0.717) is 6.42 Å². The normalized spacial score (nSPS) is 18.8. The van der Waals surface area contributed by atoms with Crippen molar-refractivity contribution in [3.05, 3.63) is 0 Å². The topological polar surface area (TPSA) is 63.2 Å². The van der Waals surface area contributed by atoms with E-state index in [-0.39, 0.29) is 108 Å². The summed E-state index contributed by atoms with van der Waals surface area (Å²) in [7, 11) is -1.17. The molecule has 3 nitrogen and oxygen atoms in total. The minimum Gasteiger partial charge on any atom is -0.803 e. The molecule has 0 fully saturated rings. The van der Waals surface area contributed by atoms with Gasteiger partial charge < -0.3 is 9.11 Å². The quantitative estimate of drug-likeness (QED) is 0.293. The van der Waals surface area contributed by atoms with Crippen molar-refractivity contribution in [2.75, 3.05) is 0 Å². The molecule has 0 saturated carbocycles. The minimum absolute atomic E-state index is 0. The van der Waals surface area contributed by atoms with E-state index < -0.39 is 27.1 Å². The molecule has 0 aliphatic heterocycles. The summed E-state index contributed by atoms with van der Waals surface area (Å²) in [5.74, 6) is 3.32. The SMILES string of the molecule is C=S([O-])C(C)CC(C)S(=O)[O-].[K+].[K+]. The van der Waals surface area contributed by atoms with Crippen LogP contribution in [0.15, 0.2) is 0 Å². The molecule has 13 heavy (non-hydrogen) atoms. The summed E-state index contributed by atoms with van der Waals surface area (Å²) in [4.78, 5) is 0. The molecule has 0 spiro atoms. The molecule has 7 heteroatoms. The number of rotatable bonds is 4. The molecule has 68 valence electrons. The molecule has 0 radical (unpaired) electrons. The summed E-state index contributed by atoms with van der Waals surface area (Å²) in [5.41, 5.74) is 0. The Balaban J connectivity index is -0.000000500. The van der Waals surface area contributed by atoms with E-state index in [0.717, 1.165) is 0 Å². The van der Waals surface area contributed by atoms with Gasteiger partial charge in [0, 0.05) is 5.25 Å². The van der Waals surface area contributed by atoms with E-state index in [2.05, 4.69) is 5.87 Å². The van der Waals surface area contributed by atoms with E-state index in [1.54, 1.807) is 13.8 Å². The summed E-state index contributed by atoms with van der Waals surface area (Å²) in [6, 6.07) is 0. The van der Waals surface area contributed by atoms with Crippen LogP contribution in [0.4, 0.5) is 0 Å². The summed E-state index contributed by atoms with van der Waals surface area (Å²) in [6.45, 7) is 3.32. The Morgan fingerprint density at radius 1 is 1.23 bits per heavy atom. The van der Waals surface area contributed by atoms with Crippen molar-refractivity contribution in [2.24, 2.45) is 0 Å². The summed E-state index contributed by atoms with van der Waals surface area (Å²) >= 11 is -2.06. The zero-order valence-electron chi connectivity index (χ0n) is 8.61. The van der Waals surface area contributed by atoms with Crippen LogP contribution in [0.1, 0.15) is 20.3 Å². The molecular weight excluding hydrogens is 262 g/mol. The maximum absolute atomic E-state index is 10.7. The first-order chi connectivity index (χ1) is 4.95. The van der Waals surface area contributed by atoms with Gasteiger partial charge in [0.1, 0.15) is 0 Å². The van der Waals surface area contributed by atoms with Gasteiger partial charge >= 0.3 is 103 Å². The predicted octanol–water partition coefficient (Wildman–Crippen LogP) is -5.13. The monoisotopic (exact) mass is 274 g/mol. The van der Waals surface area contributed by atoms with Crippen LogP contribution in [0, 0.1) is 0 Å². The molecule has 0 saturated heterocycles. The maximum atomic E-state index is 10.7. The first kappa shape index (κ1) is 21.8. The van der Waals surface area contributed by atoms with Gasteiger partial charge in [0.15, 0.2) is 0 Å². The van der Waals surface area contributed by atoms with Gasteiger partial charge in [-0.15, -0.1) is 0 Å². The predicted molar refractivity (Wildman–Crippen MR) is 48.0 cm³/mol. The van der Waals surface area contributed by atoms with Gasteiger partial charge in [0.25, 0.3) is 0 Å². The average Bonchev–Trinajstić information content (AvgIpc) is 1.87. The van der Waals surface area contributed by atoms with Gasteiger partial charge in [-0.2, -0.15) is 0 Å². The Bertz CT molecular complexity index is 159. The maximum Gasteiger partial charge on any atom is 1.00 e. The minimum atomic E-state index is -2.06. The van der Waals surface area contributed by atoms with E-state index in [4.69, 9.17) is 0 Å². The van der Waals surface area contributed by atoms with Crippen LogP contribution in [0.2, 0.25) is 0 Å². The molecule has 0 aromatic rings. The Labute approximate surface area is 170 Å². The Hall–Kier alpha value is 3.56. The smallest absolute Gasteiger partial charge is 0.803 e. The van der Waals surface area contributed by atoms with Crippen molar-refractivity contribution >= 4 is 27.7 Å². The molecule has 4 unspecified atom stereocenters. The fourth-order valence-corrected chi connectivity index (χ4v) is 1.72. The third-order valence-corrected chi connectivity index (χ3v) is 3.38. The zero-order valence-corrected chi connectivity index (χ0v) is 16.5. The summed E-state index contributed by atoms with van der Waals surface area (Å²) < 4.78 is 31.4. The zero-order chi connectivity index (χ0) is 9.02. The molecular formula is C6H12K2O3S2. The first-order valence-electron chi connectivity index (χ1n) is 3.23. The van der Waals surface area contributed by atoms with Gasteiger partial charge in [-0.25, -0.2) is 0 Å². The van der Waals surface area contributed by atoms with Gasteiger partial charge in [-0.05, 0) is 11.7 Å². The van der Waals surface area contributed by atoms with Crippen molar-refractivity contribution in [3.63, 3.8) is 0 Å². The molecule has 0 rings (SSSR count). The fraction of sp³-hybridized carbons (Fsp3) is 0.833. The third kappa shape index (κ3) is 11.8. The molecule has 0 heterocycles. The standard InChI is InChI=1S/C6H13O3S2.2K/c1-5(10(3)7)4-6(2)11(8)9;;/h5-6H,3-4H2,1-2H3,(H-,7,8,9);;/q-1;2*+1/p-1. The second-order valence-electron chi connectivity index (χ2n) is 2.50.